The maximum absolute atomic E-state index is 14.3. The van der Waals surface area contributed by atoms with Gasteiger partial charge < -0.3 is 16.4 Å². The number of anilines is 1. The van der Waals surface area contributed by atoms with Crippen molar-refractivity contribution in [2.45, 2.75) is 25.3 Å². The van der Waals surface area contributed by atoms with Gasteiger partial charge in [0.25, 0.3) is 0 Å². The number of carbonyl (C=O) groups excluding carboxylic acids is 1. The van der Waals surface area contributed by atoms with Crippen molar-refractivity contribution in [1.29, 1.82) is 0 Å². The summed E-state index contributed by atoms with van der Waals surface area (Å²) in [5.41, 5.74) is 12.8. The normalized spacial score (nSPS) is 17.8. The van der Waals surface area contributed by atoms with Crippen LogP contribution in [-0.4, -0.2) is 33.9 Å². The van der Waals surface area contributed by atoms with Crippen molar-refractivity contribution in [3.63, 3.8) is 0 Å². The lowest BCUT2D eigenvalue weighted by molar-refractivity contribution is -0.133. The van der Waals surface area contributed by atoms with E-state index in [4.69, 9.17) is 11.5 Å². The Morgan fingerprint density at radius 3 is 2.83 bits per heavy atom. The number of amides is 1. The van der Waals surface area contributed by atoms with Gasteiger partial charge in [-0.3, -0.25) is 4.79 Å². The van der Waals surface area contributed by atoms with Gasteiger partial charge in [-0.25, -0.2) is 14.4 Å². The van der Waals surface area contributed by atoms with Crippen molar-refractivity contribution < 1.29 is 9.18 Å². The number of benzene rings is 1. The van der Waals surface area contributed by atoms with Crippen molar-refractivity contribution in [1.82, 2.24) is 14.9 Å². The number of nitrogens with zero attached hydrogens (tertiary/aromatic N) is 3. The van der Waals surface area contributed by atoms with Crippen molar-refractivity contribution in [3.05, 3.63) is 42.0 Å². The molecule has 1 aliphatic heterocycles. The van der Waals surface area contributed by atoms with E-state index in [0.717, 1.165) is 19.3 Å². The molecule has 1 aliphatic rings. The summed E-state index contributed by atoms with van der Waals surface area (Å²) in [5.74, 6) is -0.396. The Morgan fingerprint density at radius 2 is 2.08 bits per heavy atom. The van der Waals surface area contributed by atoms with E-state index >= 15 is 0 Å². The van der Waals surface area contributed by atoms with Gasteiger partial charge in [0.1, 0.15) is 5.82 Å². The molecule has 0 bridgehead atoms. The van der Waals surface area contributed by atoms with Gasteiger partial charge in [0.2, 0.25) is 11.9 Å². The lowest BCUT2D eigenvalue weighted by atomic mass is 9.93. The largest absolute Gasteiger partial charge is 0.368 e. The molecule has 6 nitrogen and oxygen atoms in total. The van der Waals surface area contributed by atoms with Crippen LogP contribution in [0.5, 0.6) is 0 Å². The molecule has 7 heteroatoms. The van der Waals surface area contributed by atoms with Crippen molar-refractivity contribution >= 4 is 11.9 Å². The number of hydrogen-bond donors (Lipinski definition) is 2. The SMILES string of the molecule is NCC(=O)N1CCCC[C@@H]1c1nc(N)ncc1-c1ccccc1F. The minimum absolute atomic E-state index is 0.0634. The zero-order valence-corrected chi connectivity index (χ0v) is 13.3. The molecule has 0 unspecified atom stereocenters. The van der Waals surface area contributed by atoms with Gasteiger partial charge in [-0.2, -0.15) is 0 Å². The van der Waals surface area contributed by atoms with Crippen LogP contribution in [0, 0.1) is 5.82 Å². The summed E-state index contributed by atoms with van der Waals surface area (Å²) in [6.07, 6.45) is 4.14. The second-order valence-corrected chi connectivity index (χ2v) is 5.81. The average molecular weight is 329 g/mol. The fourth-order valence-electron chi connectivity index (χ4n) is 3.18. The lowest BCUT2D eigenvalue weighted by Gasteiger charge is -2.36. The van der Waals surface area contributed by atoms with Crippen LogP contribution in [0.15, 0.2) is 30.5 Å². The zero-order chi connectivity index (χ0) is 17.1. The van der Waals surface area contributed by atoms with Crippen molar-refractivity contribution in [2.75, 3.05) is 18.8 Å². The quantitative estimate of drug-likeness (QED) is 0.896. The number of hydrogen-bond acceptors (Lipinski definition) is 5. The number of aromatic nitrogens is 2. The van der Waals surface area contributed by atoms with Crippen molar-refractivity contribution in [2.24, 2.45) is 5.73 Å². The van der Waals surface area contributed by atoms with Gasteiger partial charge in [-0.1, -0.05) is 18.2 Å². The van der Waals surface area contributed by atoms with E-state index in [0.29, 0.717) is 23.4 Å². The Kier molecular flexibility index (Phi) is 4.71. The van der Waals surface area contributed by atoms with Crippen LogP contribution >= 0.6 is 0 Å². The highest BCUT2D eigenvalue weighted by Crippen LogP contribution is 2.36. The summed E-state index contributed by atoms with van der Waals surface area (Å²) in [6.45, 7) is 0.549. The summed E-state index contributed by atoms with van der Waals surface area (Å²) < 4.78 is 14.3. The molecule has 1 aromatic carbocycles. The van der Waals surface area contributed by atoms with Crippen LogP contribution in [0.1, 0.15) is 31.0 Å². The minimum Gasteiger partial charge on any atom is -0.368 e. The highest BCUT2D eigenvalue weighted by molar-refractivity contribution is 5.79. The molecule has 4 N–H and O–H groups in total. The van der Waals surface area contributed by atoms with E-state index in [2.05, 4.69) is 9.97 Å². The van der Waals surface area contributed by atoms with Crippen LogP contribution in [-0.2, 0) is 4.79 Å². The number of likely N-dealkylation sites (tertiary alicyclic amines) is 1. The van der Waals surface area contributed by atoms with E-state index < -0.39 is 0 Å². The van der Waals surface area contributed by atoms with E-state index in [9.17, 15) is 9.18 Å². The Bertz CT molecular complexity index is 752. The maximum atomic E-state index is 14.3. The summed E-state index contributed by atoms with van der Waals surface area (Å²) >= 11 is 0. The fraction of sp³-hybridized carbons (Fsp3) is 0.353. The first-order valence-corrected chi connectivity index (χ1v) is 7.98. The first-order chi connectivity index (χ1) is 11.6. The summed E-state index contributed by atoms with van der Waals surface area (Å²) in [7, 11) is 0. The first-order valence-electron chi connectivity index (χ1n) is 7.98. The molecule has 126 valence electrons. The number of piperidine rings is 1. The van der Waals surface area contributed by atoms with Crippen LogP contribution in [0.4, 0.5) is 10.3 Å². The molecule has 1 fully saturated rings. The molecule has 0 radical (unpaired) electrons. The third-order valence-electron chi connectivity index (χ3n) is 4.31. The predicted octanol–water partition coefficient (Wildman–Crippen LogP) is 1.88. The summed E-state index contributed by atoms with van der Waals surface area (Å²) in [6, 6.07) is 6.17. The summed E-state index contributed by atoms with van der Waals surface area (Å²) in [5, 5.41) is 0. The van der Waals surface area contributed by atoms with Crippen LogP contribution in [0.25, 0.3) is 11.1 Å². The number of halogens is 1. The third kappa shape index (κ3) is 3.07. The Hall–Kier alpha value is -2.54. The number of nitrogens with two attached hydrogens (primary N) is 2. The lowest BCUT2D eigenvalue weighted by Crippen LogP contribution is -2.42. The fourth-order valence-corrected chi connectivity index (χ4v) is 3.18. The number of carbonyl (C=O) groups is 1. The Labute approximate surface area is 139 Å². The van der Waals surface area contributed by atoms with Crippen LogP contribution in [0.2, 0.25) is 0 Å². The van der Waals surface area contributed by atoms with Gasteiger partial charge in [-0.05, 0) is 25.3 Å². The molecule has 1 aromatic heterocycles. The van der Waals surface area contributed by atoms with Crippen LogP contribution in [0.3, 0.4) is 0 Å². The monoisotopic (exact) mass is 329 g/mol. The first kappa shape index (κ1) is 16.3. The van der Waals surface area contributed by atoms with Gasteiger partial charge in [0.15, 0.2) is 0 Å². The van der Waals surface area contributed by atoms with Gasteiger partial charge >= 0.3 is 0 Å². The number of rotatable bonds is 3. The van der Waals surface area contributed by atoms with E-state index in [-0.39, 0.29) is 30.3 Å². The predicted molar refractivity (Wildman–Crippen MR) is 89.2 cm³/mol. The number of nitrogen functional groups attached to an aromatic ring is 1. The van der Waals surface area contributed by atoms with Crippen LogP contribution < -0.4 is 11.5 Å². The average Bonchev–Trinajstić information content (AvgIpc) is 2.62. The van der Waals surface area contributed by atoms with E-state index in [1.807, 2.05) is 0 Å². The van der Waals surface area contributed by atoms with E-state index in [1.165, 1.54) is 12.3 Å². The molecule has 0 aliphatic carbocycles. The van der Waals surface area contributed by atoms with Gasteiger partial charge in [0, 0.05) is 23.9 Å². The van der Waals surface area contributed by atoms with Gasteiger partial charge in [-0.15, -0.1) is 0 Å². The molecule has 0 saturated carbocycles. The molecule has 1 amide bonds. The Morgan fingerprint density at radius 1 is 1.29 bits per heavy atom. The minimum atomic E-state index is -0.361. The molecule has 1 atom stereocenters. The van der Waals surface area contributed by atoms with Crippen molar-refractivity contribution in [3.8, 4) is 11.1 Å². The molecular formula is C17H20FN5O. The highest BCUT2D eigenvalue weighted by atomic mass is 19.1. The smallest absolute Gasteiger partial charge is 0.236 e. The molecule has 3 rings (SSSR count). The second-order valence-electron chi connectivity index (χ2n) is 5.81. The molecule has 2 aromatic rings. The molecule has 24 heavy (non-hydrogen) atoms. The Balaban J connectivity index is 2.11. The van der Waals surface area contributed by atoms with Gasteiger partial charge in [0.05, 0.1) is 18.3 Å². The maximum Gasteiger partial charge on any atom is 0.236 e. The highest BCUT2D eigenvalue weighted by Gasteiger charge is 2.31. The standard InChI is InChI=1S/C17H20FN5O/c18-13-6-2-1-5-11(13)12-10-21-17(20)22-16(12)14-7-3-4-8-23(14)15(24)9-19/h1-2,5-6,10,14H,3-4,7-9,19H2,(H2,20,21,22)/t14-/m1/s1. The molecule has 2 heterocycles. The molecule has 1 saturated heterocycles. The topological polar surface area (TPSA) is 98.1 Å². The molecule has 0 spiro atoms. The third-order valence-corrected chi connectivity index (χ3v) is 4.31. The zero-order valence-electron chi connectivity index (χ0n) is 13.3. The summed E-state index contributed by atoms with van der Waals surface area (Å²) in [4.78, 5) is 22.3. The van der Waals surface area contributed by atoms with E-state index in [1.54, 1.807) is 23.1 Å². The second kappa shape index (κ2) is 6.92. The molecular weight excluding hydrogens is 309 g/mol.